The molecule has 6 nitrogen and oxygen atoms in total. The van der Waals surface area contributed by atoms with E-state index < -0.39 is 0 Å². The Morgan fingerprint density at radius 2 is 2.35 bits per heavy atom. The first kappa shape index (κ1) is 12.2. The molecule has 0 saturated heterocycles. The molecule has 1 amide bonds. The molecule has 100 valence electrons. The number of anilines is 1. The molecule has 0 aliphatic heterocycles. The second-order valence-corrected chi connectivity index (χ2v) is 4.26. The number of hydrogen-bond donors (Lipinski definition) is 1. The second kappa shape index (κ2) is 5.00. The van der Waals surface area contributed by atoms with Gasteiger partial charge in [-0.3, -0.25) is 4.79 Å². The largest absolute Gasteiger partial charge is 0.360 e. The van der Waals surface area contributed by atoms with E-state index >= 15 is 0 Å². The minimum Gasteiger partial charge on any atom is -0.360 e. The Morgan fingerprint density at radius 1 is 1.45 bits per heavy atom. The Hall–Kier alpha value is -2.89. The topological polar surface area (TPSA) is 72.4 Å². The van der Waals surface area contributed by atoms with Crippen LogP contribution in [0.2, 0.25) is 0 Å². The van der Waals surface area contributed by atoms with E-state index in [0.29, 0.717) is 11.6 Å². The second-order valence-electron chi connectivity index (χ2n) is 4.26. The number of aryl methyl sites for hydroxylation is 1. The van der Waals surface area contributed by atoms with Gasteiger partial charge in [-0.1, -0.05) is 11.2 Å². The summed E-state index contributed by atoms with van der Waals surface area (Å²) < 4.78 is 6.76. The van der Waals surface area contributed by atoms with Gasteiger partial charge in [0.05, 0.1) is 11.9 Å². The van der Waals surface area contributed by atoms with E-state index in [1.54, 1.807) is 25.3 Å². The summed E-state index contributed by atoms with van der Waals surface area (Å²) in [6.45, 7) is 1.76. The molecule has 0 aliphatic rings. The summed E-state index contributed by atoms with van der Waals surface area (Å²) in [4.78, 5) is 16.0. The molecule has 6 heteroatoms. The van der Waals surface area contributed by atoms with Gasteiger partial charge in [-0.15, -0.1) is 0 Å². The molecule has 20 heavy (non-hydrogen) atoms. The first-order valence-corrected chi connectivity index (χ1v) is 6.07. The normalized spacial score (nSPS) is 11.2. The Kier molecular flexibility index (Phi) is 3.04. The Morgan fingerprint density at radius 3 is 3.15 bits per heavy atom. The maximum Gasteiger partial charge on any atom is 0.249 e. The molecule has 0 radical (unpaired) electrons. The molecule has 0 saturated carbocycles. The highest BCUT2D eigenvalue weighted by molar-refractivity contribution is 6.01. The maximum atomic E-state index is 11.7. The summed E-state index contributed by atoms with van der Waals surface area (Å²) in [5.74, 6) is 0.769. The van der Waals surface area contributed by atoms with Crippen LogP contribution in [0, 0.1) is 6.92 Å². The van der Waals surface area contributed by atoms with Crippen molar-refractivity contribution in [3.63, 3.8) is 0 Å². The van der Waals surface area contributed by atoms with Crippen LogP contribution < -0.4 is 5.32 Å². The lowest BCUT2D eigenvalue weighted by Gasteiger charge is -1.96. The van der Waals surface area contributed by atoms with Crippen LogP contribution >= 0.6 is 0 Å². The summed E-state index contributed by atoms with van der Waals surface area (Å²) in [7, 11) is 0. The van der Waals surface area contributed by atoms with E-state index in [4.69, 9.17) is 4.52 Å². The quantitative estimate of drug-likeness (QED) is 0.740. The van der Waals surface area contributed by atoms with Gasteiger partial charge < -0.3 is 14.2 Å². The lowest BCUT2D eigenvalue weighted by molar-refractivity contribution is -0.111. The minimum atomic E-state index is -0.274. The molecule has 0 spiro atoms. The van der Waals surface area contributed by atoms with Crippen LogP contribution in [0.15, 0.2) is 47.3 Å². The lowest BCUT2D eigenvalue weighted by Crippen LogP contribution is -2.07. The van der Waals surface area contributed by atoms with Crippen molar-refractivity contribution in [3.8, 4) is 0 Å². The fraction of sp³-hybridized carbons (Fsp3) is 0.0714. The molecule has 1 N–H and O–H groups in total. The van der Waals surface area contributed by atoms with Crippen molar-refractivity contribution < 1.29 is 9.32 Å². The molecule has 0 atom stereocenters. The molecule has 3 aromatic heterocycles. The number of rotatable bonds is 3. The Bertz CT molecular complexity index is 785. The highest BCUT2D eigenvalue weighted by Crippen LogP contribution is 2.09. The number of fused-ring (bicyclic) bond motifs is 1. The minimum absolute atomic E-state index is 0.274. The van der Waals surface area contributed by atoms with Gasteiger partial charge in [-0.25, -0.2) is 4.98 Å². The standard InChI is InChI=1S/C14H12N4O2/c1-10-8-12(17-20-10)16-14(19)6-5-11-9-15-13-4-2-3-7-18(11)13/h2-9H,1H3,(H,16,17,19)/b6-5+. The number of carbonyl (C=O) groups excluding carboxylic acids is 1. The van der Waals surface area contributed by atoms with E-state index in [0.717, 1.165) is 11.3 Å². The number of nitrogens with one attached hydrogen (secondary N) is 1. The SMILES string of the molecule is Cc1cc(NC(=O)/C=C/c2cnc3ccccn23)no1. The van der Waals surface area contributed by atoms with Crippen molar-refractivity contribution in [2.75, 3.05) is 5.32 Å². The third-order valence-electron chi connectivity index (χ3n) is 2.73. The van der Waals surface area contributed by atoms with Gasteiger partial charge in [0.2, 0.25) is 5.91 Å². The third kappa shape index (κ3) is 2.44. The summed E-state index contributed by atoms with van der Waals surface area (Å²) in [6, 6.07) is 7.37. The van der Waals surface area contributed by atoms with Gasteiger partial charge in [0.25, 0.3) is 0 Å². The zero-order valence-corrected chi connectivity index (χ0v) is 10.8. The highest BCUT2D eigenvalue weighted by Gasteiger charge is 2.03. The molecule has 0 aromatic carbocycles. The van der Waals surface area contributed by atoms with Crippen LogP contribution in [0.1, 0.15) is 11.5 Å². The van der Waals surface area contributed by atoms with E-state index in [9.17, 15) is 4.79 Å². The molecular formula is C14H12N4O2. The molecule has 0 unspecified atom stereocenters. The molecule has 3 aromatic rings. The summed E-state index contributed by atoms with van der Waals surface area (Å²) in [6.07, 6.45) is 6.73. The van der Waals surface area contributed by atoms with Crippen LogP contribution in [0.3, 0.4) is 0 Å². The van der Waals surface area contributed by atoms with E-state index in [1.807, 2.05) is 28.8 Å². The molecule has 0 fully saturated rings. The fourth-order valence-corrected chi connectivity index (χ4v) is 1.83. The molecule has 0 aliphatic carbocycles. The number of pyridine rings is 1. The van der Waals surface area contributed by atoms with E-state index in [2.05, 4.69) is 15.5 Å². The first-order chi connectivity index (χ1) is 9.72. The number of hydrogen-bond acceptors (Lipinski definition) is 4. The number of aromatic nitrogens is 3. The molecule has 3 heterocycles. The van der Waals surface area contributed by atoms with Crippen LogP contribution in [0.5, 0.6) is 0 Å². The predicted octanol–water partition coefficient (Wildman–Crippen LogP) is 2.28. The summed E-state index contributed by atoms with van der Waals surface area (Å²) >= 11 is 0. The fourth-order valence-electron chi connectivity index (χ4n) is 1.83. The van der Waals surface area contributed by atoms with Crippen molar-refractivity contribution >= 4 is 23.4 Å². The number of nitrogens with zero attached hydrogens (tertiary/aromatic N) is 3. The summed E-state index contributed by atoms with van der Waals surface area (Å²) in [5, 5.41) is 6.31. The molecule has 0 bridgehead atoms. The van der Waals surface area contributed by atoms with Crippen molar-refractivity contribution in [1.29, 1.82) is 0 Å². The smallest absolute Gasteiger partial charge is 0.249 e. The monoisotopic (exact) mass is 268 g/mol. The van der Waals surface area contributed by atoms with Crippen molar-refractivity contribution in [3.05, 3.63) is 54.2 Å². The van der Waals surface area contributed by atoms with Crippen LogP contribution in [0.25, 0.3) is 11.7 Å². The average molecular weight is 268 g/mol. The highest BCUT2D eigenvalue weighted by atomic mass is 16.5. The summed E-state index contributed by atoms with van der Waals surface area (Å²) in [5.41, 5.74) is 1.66. The van der Waals surface area contributed by atoms with E-state index in [1.165, 1.54) is 6.08 Å². The van der Waals surface area contributed by atoms with Crippen LogP contribution in [0.4, 0.5) is 5.82 Å². The van der Waals surface area contributed by atoms with Gasteiger partial charge >= 0.3 is 0 Å². The number of carbonyl (C=O) groups is 1. The van der Waals surface area contributed by atoms with Crippen molar-refractivity contribution in [2.45, 2.75) is 6.92 Å². The van der Waals surface area contributed by atoms with Gasteiger partial charge in [0, 0.05) is 18.3 Å². The van der Waals surface area contributed by atoms with Gasteiger partial charge in [-0.2, -0.15) is 0 Å². The Balaban J connectivity index is 1.75. The number of amides is 1. The Labute approximate surface area is 114 Å². The van der Waals surface area contributed by atoms with Crippen molar-refractivity contribution in [1.82, 2.24) is 14.5 Å². The molecular weight excluding hydrogens is 256 g/mol. The lowest BCUT2D eigenvalue weighted by atomic mass is 10.3. The average Bonchev–Trinajstić information content (AvgIpc) is 3.03. The number of imidazole rings is 1. The van der Waals surface area contributed by atoms with Gasteiger partial charge in [0.15, 0.2) is 5.82 Å². The van der Waals surface area contributed by atoms with Gasteiger partial charge in [-0.05, 0) is 25.1 Å². The first-order valence-electron chi connectivity index (χ1n) is 6.07. The predicted molar refractivity (Wildman–Crippen MR) is 74.1 cm³/mol. The zero-order valence-electron chi connectivity index (χ0n) is 10.8. The third-order valence-corrected chi connectivity index (χ3v) is 2.73. The van der Waals surface area contributed by atoms with Crippen LogP contribution in [-0.2, 0) is 4.79 Å². The zero-order chi connectivity index (χ0) is 13.9. The molecule has 3 rings (SSSR count). The van der Waals surface area contributed by atoms with E-state index in [-0.39, 0.29) is 5.91 Å². The maximum absolute atomic E-state index is 11.7. The van der Waals surface area contributed by atoms with Gasteiger partial charge in [0.1, 0.15) is 11.4 Å². The van der Waals surface area contributed by atoms with Crippen molar-refractivity contribution in [2.24, 2.45) is 0 Å². The van der Waals surface area contributed by atoms with Crippen LogP contribution in [-0.4, -0.2) is 20.4 Å².